The molecule has 124 valence electrons. The molecule has 1 aromatic carbocycles. The van der Waals surface area contributed by atoms with Crippen molar-refractivity contribution in [2.24, 2.45) is 11.8 Å². The fraction of sp³-hybridized carbons (Fsp3) is 0.556. The molecule has 1 aliphatic carbocycles. The number of amides is 1. The maximum atomic E-state index is 12.2. The zero-order chi connectivity index (χ0) is 16.7. The van der Waals surface area contributed by atoms with Gasteiger partial charge >= 0.3 is 0 Å². The van der Waals surface area contributed by atoms with Crippen molar-refractivity contribution in [3.05, 3.63) is 29.8 Å². The van der Waals surface area contributed by atoms with Crippen LogP contribution in [-0.4, -0.2) is 22.9 Å². The van der Waals surface area contributed by atoms with E-state index in [1.54, 1.807) is 6.26 Å². The van der Waals surface area contributed by atoms with Crippen LogP contribution in [0.4, 0.5) is 0 Å². The summed E-state index contributed by atoms with van der Waals surface area (Å²) in [7, 11) is -0.940. The molecule has 5 heteroatoms. The van der Waals surface area contributed by atoms with E-state index in [1.807, 2.05) is 30.3 Å². The second kappa shape index (κ2) is 8.83. The second-order valence-electron chi connectivity index (χ2n) is 6.16. The Morgan fingerprint density at radius 2 is 2.00 bits per heavy atom. The van der Waals surface area contributed by atoms with Crippen molar-refractivity contribution in [3.63, 3.8) is 0 Å². The Kier molecular flexibility index (Phi) is 6.79. The second-order valence-corrected chi connectivity index (χ2v) is 7.54. The van der Waals surface area contributed by atoms with Gasteiger partial charge < -0.3 is 5.32 Å². The topological polar surface area (TPSA) is 70.0 Å². The number of carbonyl (C=O) groups is 1. The summed E-state index contributed by atoms with van der Waals surface area (Å²) in [4.78, 5) is 13.0. The maximum absolute atomic E-state index is 12.2. The summed E-state index contributed by atoms with van der Waals surface area (Å²) in [5, 5.41) is 11.3. The largest absolute Gasteiger partial charge is 0.343 e. The molecule has 1 amide bonds. The number of rotatable bonds is 6. The lowest BCUT2D eigenvalue weighted by molar-refractivity contribution is -0.127. The Bertz CT molecular complexity index is 592. The average molecular weight is 332 g/mol. The van der Waals surface area contributed by atoms with E-state index in [0.29, 0.717) is 5.92 Å². The monoisotopic (exact) mass is 332 g/mol. The number of nitriles is 1. The summed E-state index contributed by atoms with van der Waals surface area (Å²) in [6.07, 6.45) is 7.89. The predicted octanol–water partition coefficient (Wildman–Crippen LogP) is 2.80. The Labute approximate surface area is 140 Å². The molecule has 1 aromatic rings. The van der Waals surface area contributed by atoms with Crippen LogP contribution in [0.5, 0.6) is 0 Å². The molecular weight excluding hydrogens is 308 g/mol. The summed E-state index contributed by atoms with van der Waals surface area (Å²) < 4.78 is 11.4. The molecule has 1 fully saturated rings. The molecule has 1 N–H and O–H groups in total. The Hall–Kier alpha value is -1.67. The van der Waals surface area contributed by atoms with Crippen molar-refractivity contribution < 1.29 is 9.00 Å². The highest BCUT2D eigenvalue weighted by molar-refractivity contribution is 7.84. The zero-order valence-corrected chi connectivity index (χ0v) is 14.4. The van der Waals surface area contributed by atoms with Crippen molar-refractivity contribution in [2.75, 3.05) is 12.8 Å². The van der Waals surface area contributed by atoms with Crippen LogP contribution >= 0.6 is 0 Å². The Morgan fingerprint density at radius 3 is 2.65 bits per heavy atom. The molecule has 23 heavy (non-hydrogen) atoms. The quantitative estimate of drug-likeness (QED) is 0.814. The van der Waals surface area contributed by atoms with Gasteiger partial charge in [0.1, 0.15) is 6.54 Å². The van der Waals surface area contributed by atoms with E-state index >= 15 is 0 Å². The highest BCUT2D eigenvalue weighted by atomic mass is 32.2. The van der Waals surface area contributed by atoms with Gasteiger partial charge in [-0.25, -0.2) is 0 Å². The minimum absolute atomic E-state index is 0.0352. The van der Waals surface area contributed by atoms with Gasteiger partial charge in [0.25, 0.3) is 0 Å². The average Bonchev–Trinajstić information content (AvgIpc) is 2.58. The van der Waals surface area contributed by atoms with Gasteiger partial charge in [0.2, 0.25) is 5.91 Å². The van der Waals surface area contributed by atoms with Crippen LogP contribution in [0.25, 0.3) is 0 Å². The molecule has 0 radical (unpaired) electrons. The summed E-state index contributed by atoms with van der Waals surface area (Å²) in [6.45, 7) is 0.0949. The molecular formula is C18H24N2O2S. The fourth-order valence-corrected chi connectivity index (χ4v) is 3.88. The van der Waals surface area contributed by atoms with Crippen molar-refractivity contribution in [1.82, 2.24) is 5.32 Å². The normalized spacial score (nSPS) is 22.1. The third-order valence-electron chi connectivity index (χ3n) is 4.65. The van der Waals surface area contributed by atoms with Gasteiger partial charge in [0, 0.05) is 27.9 Å². The van der Waals surface area contributed by atoms with Crippen molar-refractivity contribution in [2.45, 2.75) is 43.4 Å². The molecule has 0 aliphatic heterocycles. The number of hydrogen-bond donors (Lipinski definition) is 1. The minimum atomic E-state index is -0.940. The van der Waals surface area contributed by atoms with Gasteiger partial charge in [0.05, 0.1) is 6.07 Å². The molecule has 0 bridgehead atoms. The first-order chi connectivity index (χ1) is 11.1. The van der Waals surface area contributed by atoms with Gasteiger partial charge in [-0.15, -0.1) is 0 Å². The van der Waals surface area contributed by atoms with Crippen LogP contribution in [-0.2, 0) is 22.0 Å². The number of benzene rings is 1. The summed E-state index contributed by atoms with van der Waals surface area (Å²) in [5.41, 5.74) is 1.22. The maximum Gasteiger partial charge on any atom is 0.224 e. The molecule has 1 saturated carbocycles. The number of aryl methyl sites for hydroxylation is 1. The SMILES string of the molecule is CS(=O)c1ccc(CCC2CCCCC2C(=O)NCC#N)cc1. The first kappa shape index (κ1) is 17.7. The number of nitrogens with one attached hydrogen (secondary N) is 1. The first-order valence-electron chi connectivity index (χ1n) is 8.19. The predicted molar refractivity (Wildman–Crippen MR) is 91.2 cm³/mol. The summed E-state index contributed by atoms with van der Waals surface area (Å²) >= 11 is 0. The van der Waals surface area contributed by atoms with E-state index in [4.69, 9.17) is 5.26 Å². The lowest BCUT2D eigenvalue weighted by Gasteiger charge is -2.30. The van der Waals surface area contributed by atoms with Crippen LogP contribution in [0.1, 0.15) is 37.7 Å². The van der Waals surface area contributed by atoms with Crippen molar-refractivity contribution in [3.8, 4) is 6.07 Å². The number of nitrogens with zero attached hydrogens (tertiary/aromatic N) is 1. The van der Waals surface area contributed by atoms with Gasteiger partial charge in [-0.3, -0.25) is 9.00 Å². The molecule has 0 saturated heterocycles. The van der Waals surface area contributed by atoms with E-state index in [2.05, 4.69) is 5.32 Å². The summed E-state index contributed by atoms with van der Waals surface area (Å²) in [5.74, 6) is 0.468. The molecule has 4 nitrogen and oxygen atoms in total. The van der Waals surface area contributed by atoms with E-state index in [0.717, 1.165) is 37.0 Å². The molecule has 3 atom stereocenters. The van der Waals surface area contributed by atoms with Crippen LogP contribution in [0.15, 0.2) is 29.2 Å². The molecule has 3 unspecified atom stereocenters. The summed E-state index contributed by atoms with van der Waals surface area (Å²) in [6, 6.07) is 9.87. The third kappa shape index (κ3) is 5.18. The smallest absolute Gasteiger partial charge is 0.224 e. The van der Waals surface area contributed by atoms with Gasteiger partial charge in [-0.1, -0.05) is 25.0 Å². The number of carbonyl (C=O) groups excluding carboxylic acids is 1. The van der Waals surface area contributed by atoms with Gasteiger partial charge in [0.15, 0.2) is 0 Å². The molecule has 1 aliphatic rings. The Morgan fingerprint density at radius 1 is 1.30 bits per heavy atom. The van der Waals surface area contributed by atoms with E-state index in [9.17, 15) is 9.00 Å². The molecule has 0 spiro atoms. The van der Waals surface area contributed by atoms with Crippen LogP contribution in [0.3, 0.4) is 0 Å². The highest BCUT2D eigenvalue weighted by Crippen LogP contribution is 2.33. The third-order valence-corrected chi connectivity index (χ3v) is 5.58. The van der Waals surface area contributed by atoms with E-state index in [-0.39, 0.29) is 18.4 Å². The lowest BCUT2D eigenvalue weighted by atomic mass is 9.76. The van der Waals surface area contributed by atoms with Crippen molar-refractivity contribution >= 4 is 16.7 Å². The molecule has 2 rings (SSSR count). The fourth-order valence-electron chi connectivity index (χ4n) is 3.36. The first-order valence-corrected chi connectivity index (χ1v) is 9.74. The van der Waals surface area contributed by atoms with E-state index < -0.39 is 10.8 Å². The zero-order valence-electron chi connectivity index (χ0n) is 13.6. The van der Waals surface area contributed by atoms with Crippen LogP contribution < -0.4 is 5.32 Å². The minimum Gasteiger partial charge on any atom is -0.343 e. The van der Waals surface area contributed by atoms with E-state index in [1.165, 1.54) is 12.0 Å². The molecule has 0 heterocycles. The van der Waals surface area contributed by atoms with Crippen molar-refractivity contribution in [1.29, 1.82) is 5.26 Å². The standard InChI is InChI=1S/C18H24N2O2S/c1-23(22)16-10-7-14(8-11-16)6-9-15-4-2-3-5-17(15)18(21)20-13-12-19/h7-8,10-11,15,17H,2-6,9,13H2,1H3,(H,20,21). The Balaban J connectivity index is 1.92. The highest BCUT2D eigenvalue weighted by Gasteiger charge is 2.30. The number of hydrogen-bond acceptors (Lipinski definition) is 3. The van der Waals surface area contributed by atoms with Gasteiger partial charge in [-0.2, -0.15) is 5.26 Å². The van der Waals surface area contributed by atoms with Gasteiger partial charge in [-0.05, 0) is 49.3 Å². The van der Waals surface area contributed by atoms with Crippen LogP contribution in [0, 0.1) is 23.2 Å². The van der Waals surface area contributed by atoms with Crippen LogP contribution in [0.2, 0.25) is 0 Å². The lowest BCUT2D eigenvalue weighted by Crippen LogP contribution is -2.37. The molecule has 0 aromatic heterocycles.